The highest BCUT2D eigenvalue weighted by molar-refractivity contribution is 5.85. The van der Waals surface area contributed by atoms with E-state index in [0.29, 0.717) is 25.4 Å². The van der Waals surface area contributed by atoms with E-state index >= 15 is 0 Å². The van der Waals surface area contributed by atoms with Gasteiger partial charge in [-0.1, -0.05) is 36.8 Å². The minimum atomic E-state index is -0.199. The van der Waals surface area contributed by atoms with Crippen LogP contribution in [-0.2, 0) is 9.53 Å². The highest BCUT2D eigenvalue weighted by Crippen LogP contribution is 2.14. The fourth-order valence-corrected chi connectivity index (χ4v) is 1.82. The van der Waals surface area contributed by atoms with Crippen LogP contribution in [0.5, 0.6) is 0 Å². The molecule has 2 unspecified atom stereocenters. The van der Waals surface area contributed by atoms with Gasteiger partial charge in [-0.25, -0.2) is 0 Å². The molecule has 3 N–H and O–H groups in total. The number of nitrogens with two attached hydrogens (primary N) is 1. The van der Waals surface area contributed by atoms with Gasteiger partial charge in [0.05, 0.1) is 12.5 Å². The number of halogens is 1. The van der Waals surface area contributed by atoms with Gasteiger partial charge < -0.3 is 15.8 Å². The Balaban J connectivity index is 0.00000361. The first kappa shape index (κ1) is 18.9. The molecule has 1 aromatic carbocycles. The Morgan fingerprint density at radius 2 is 1.95 bits per heavy atom. The summed E-state index contributed by atoms with van der Waals surface area (Å²) in [6.07, 6.45) is 0.114. The van der Waals surface area contributed by atoms with E-state index in [-0.39, 0.29) is 24.4 Å². The minimum Gasteiger partial charge on any atom is -0.380 e. The number of aryl methyl sites for hydroxylation is 1. The van der Waals surface area contributed by atoms with E-state index in [1.165, 1.54) is 11.1 Å². The van der Waals surface area contributed by atoms with Gasteiger partial charge in [0.1, 0.15) is 0 Å². The molecule has 0 radical (unpaired) electrons. The molecule has 0 heterocycles. The van der Waals surface area contributed by atoms with Crippen LogP contribution < -0.4 is 11.1 Å². The second-order valence-electron chi connectivity index (χ2n) is 4.91. The number of nitrogens with one attached hydrogen (secondary N) is 1. The zero-order chi connectivity index (χ0) is 14.3. The lowest BCUT2D eigenvalue weighted by Gasteiger charge is -2.16. The Morgan fingerprint density at radius 1 is 1.35 bits per heavy atom. The van der Waals surface area contributed by atoms with Crippen LogP contribution in [0.25, 0.3) is 0 Å². The van der Waals surface area contributed by atoms with Crippen molar-refractivity contribution in [3.63, 3.8) is 0 Å². The van der Waals surface area contributed by atoms with Crippen LogP contribution in [0.4, 0.5) is 0 Å². The predicted octanol–water partition coefficient (Wildman–Crippen LogP) is 2.00. The van der Waals surface area contributed by atoms with E-state index in [9.17, 15) is 4.79 Å². The first-order chi connectivity index (χ1) is 9.06. The van der Waals surface area contributed by atoms with Crippen molar-refractivity contribution in [3.8, 4) is 0 Å². The predicted molar refractivity (Wildman–Crippen MR) is 84.3 cm³/mol. The second kappa shape index (κ2) is 9.75. The molecule has 0 fully saturated rings. The Labute approximate surface area is 127 Å². The Bertz CT molecular complexity index is 391. The number of benzene rings is 1. The number of carbonyl (C=O) groups is 1. The van der Waals surface area contributed by atoms with Crippen molar-refractivity contribution in [2.75, 3.05) is 20.2 Å². The zero-order valence-electron chi connectivity index (χ0n) is 12.4. The number of hydrogen-bond acceptors (Lipinski definition) is 3. The SMILES string of the molecule is COC(CN)CC(=O)NCC(C)c1ccc(C)cc1.Cl. The summed E-state index contributed by atoms with van der Waals surface area (Å²) in [7, 11) is 1.57. The molecule has 0 spiro atoms. The van der Waals surface area contributed by atoms with E-state index in [2.05, 4.69) is 43.4 Å². The smallest absolute Gasteiger partial charge is 0.222 e. The zero-order valence-corrected chi connectivity index (χ0v) is 13.2. The molecular weight excluding hydrogens is 276 g/mol. The van der Waals surface area contributed by atoms with E-state index in [1.807, 2.05) is 0 Å². The Kier molecular flexibility index (Phi) is 9.21. The van der Waals surface area contributed by atoms with Crippen LogP contribution in [0.15, 0.2) is 24.3 Å². The topological polar surface area (TPSA) is 64.3 Å². The third-order valence-electron chi connectivity index (χ3n) is 3.26. The summed E-state index contributed by atoms with van der Waals surface area (Å²) in [5, 5.41) is 2.92. The maximum atomic E-state index is 11.7. The monoisotopic (exact) mass is 300 g/mol. The van der Waals surface area contributed by atoms with Gasteiger partial charge in [-0.05, 0) is 18.4 Å². The average Bonchev–Trinajstić information content (AvgIpc) is 2.43. The van der Waals surface area contributed by atoms with Crippen LogP contribution in [0.1, 0.15) is 30.4 Å². The summed E-state index contributed by atoms with van der Waals surface area (Å²) in [6, 6.07) is 8.38. The summed E-state index contributed by atoms with van der Waals surface area (Å²) in [5.41, 5.74) is 7.96. The van der Waals surface area contributed by atoms with Gasteiger partial charge in [0.25, 0.3) is 0 Å². The number of carbonyl (C=O) groups excluding carboxylic acids is 1. The molecule has 0 bridgehead atoms. The molecule has 0 saturated carbocycles. The van der Waals surface area contributed by atoms with Crippen molar-refractivity contribution in [1.29, 1.82) is 0 Å². The first-order valence-electron chi connectivity index (χ1n) is 6.63. The van der Waals surface area contributed by atoms with Gasteiger partial charge in [0, 0.05) is 20.2 Å². The van der Waals surface area contributed by atoms with Crippen molar-refractivity contribution in [2.24, 2.45) is 5.73 Å². The molecule has 2 atom stereocenters. The van der Waals surface area contributed by atoms with Crippen molar-refractivity contribution >= 4 is 18.3 Å². The van der Waals surface area contributed by atoms with E-state index in [1.54, 1.807) is 7.11 Å². The van der Waals surface area contributed by atoms with Crippen LogP contribution in [0.3, 0.4) is 0 Å². The summed E-state index contributed by atoms with van der Waals surface area (Å²) in [4.78, 5) is 11.7. The molecule has 20 heavy (non-hydrogen) atoms. The van der Waals surface area contributed by atoms with Crippen molar-refractivity contribution in [1.82, 2.24) is 5.32 Å². The first-order valence-corrected chi connectivity index (χ1v) is 6.63. The largest absolute Gasteiger partial charge is 0.380 e. The Hall–Kier alpha value is -1.10. The second-order valence-corrected chi connectivity index (χ2v) is 4.91. The highest BCUT2D eigenvalue weighted by Gasteiger charge is 2.12. The molecular formula is C15H25ClN2O2. The van der Waals surface area contributed by atoms with Gasteiger partial charge in [-0.15, -0.1) is 12.4 Å². The summed E-state index contributed by atoms with van der Waals surface area (Å²) >= 11 is 0. The van der Waals surface area contributed by atoms with Gasteiger partial charge in [-0.3, -0.25) is 4.79 Å². The van der Waals surface area contributed by atoms with Crippen molar-refractivity contribution in [3.05, 3.63) is 35.4 Å². The molecule has 4 nitrogen and oxygen atoms in total. The third-order valence-corrected chi connectivity index (χ3v) is 3.26. The van der Waals surface area contributed by atoms with E-state index < -0.39 is 0 Å². The fraction of sp³-hybridized carbons (Fsp3) is 0.533. The van der Waals surface area contributed by atoms with Crippen molar-refractivity contribution < 1.29 is 9.53 Å². The average molecular weight is 301 g/mol. The maximum absolute atomic E-state index is 11.7. The standard InChI is InChI=1S/C15H24N2O2.ClH/c1-11-4-6-13(7-5-11)12(2)10-17-15(18)8-14(9-16)19-3;/h4-7,12,14H,8-10,16H2,1-3H3,(H,17,18);1H. The molecule has 0 aliphatic carbocycles. The van der Waals surface area contributed by atoms with Crippen LogP contribution >= 0.6 is 12.4 Å². The number of amides is 1. The highest BCUT2D eigenvalue weighted by atomic mass is 35.5. The van der Waals surface area contributed by atoms with Gasteiger partial charge in [0.2, 0.25) is 5.91 Å². The molecule has 0 aromatic heterocycles. The quantitative estimate of drug-likeness (QED) is 0.809. The summed E-state index contributed by atoms with van der Waals surface area (Å²) < 4.78 is 5.09. The molecule has 0 aliphatic rings. The number of rotatable bonds is 7. The maximum Gasteiger partial charge on any atom is 0.222 e. The van der Waals surface area contributed by atoms with E-state index in [0.717, 1.165) is 0 Å². The lowest BCUT2D eigenvalue weighted by atomic mass is 10.00. The molecule has 0 aliphatic heterocycles. The van der Waals surface area contributed by atoms with Crippen LogP contribution in [-0.4, -0.2) is 32.2 Å². The molecule has 1 amide bonds. The third kappa shape index (κ3) is 6.37. The lowest BCUT2D eigenvalue weighted by molar-refractivity contribution is -0.123. The molecule has 1 rings (SSSR count). The van der Waals surface area contributed by atoms with E-state index in [4.69, 9.17) is 10.5 Å². The molecule has 1 aromatic rings. The van der Waals surface area contributed by atoms with Gasteiger partial charge >= 0.3 is 0 Å². The van der Waals surface area contributed by atoms with Crippen LogP contribution in [0.2, 0.25) is 0 Å². The number of ether oxygens (including phenoxy) is 1. The fourth-order valence-electron chi connectivity index (χ4n) is 1.82. The molecule has 114 valence electrons. The summed E-state index contributed by atoms with van der Waals surface area (Å²) in [6.45, 7) is 5.15. The number of hydrogen-bond donors (Lipinski definition) is 2. The summed E-state index contributed by atoms with van der Waals surface area (Å²) in [5.74, 6) is 0.277. The lowest BCUT2D eigenvalue weighted by Crippen LogP contribution is -2.33. The Morgan fingerprint density at radius 3 is 2.45 bits per heavy atom. The minimum absolute atomic E-state index is 0. The normalized spacial score (nSPS) is 13.2. The van der Waals surface area contributed by atoms with Crippen LogP contribution in [0, 0.1) is 6.92 Å². The van der Waals surface area contributed by atoms with Crippen molar-refractivity contribution in [2.45, 2.75) is 32.3 Å². The number of methoxy groups -OCH3 is 1. The van der Waals surface area contributed by atoms with Gasteiger partial charge in [-0.2, -0.15) is 0 Å². The molecule has 0 saturated heterocycles. The molecule has 5 heteroatoms. The van der Waals surface area contributed by atoms with Gasteiger partial charge in [0.15, 0.2) is 0 Å².